The largest absolute Gasteiger partial charge is 0.379 e. The fourth-order valence-electron chi connectivity index (χ4n) is 2.81. The van der Waals surface area contributed by atoms with E-state index < -0.39 is 0 Å². The van der Waals surface area contributed by atoms with Crippen molar-refractivity contribution in [3.05, 3.63) is 35.6 Å². The van der Waals surface area contributed by atoms with Gasteiger partial charge in [0, 0.05) is 18.3 Å². The molecule has 1 fully saturated rings. The minimum Gasteiger partial charge on any atom is -0.379 e. The molecule has 2 heterocycles. The Balaban J connectivity index is 2.07. The third-order valence-electron chi connectivity index (χ3n) is 3.80. The summed E-state index contributed by atoms with van der Waals surface area (Å²) in [5, 5.41) is 1.10. The summed E-state index contributed by atoms with van der Waals surface area (Å²) in [6, 6.07) is 6.73. The van der Waals surface area contributed by atoms with Crippen LogP contribution in [0.5, 0.6) is 0 Å². The van der Waals surface area contributed by atoms with Gasteiger partial charge in [-0.3, -0.25) is 4.99 Å². The average molecular weight is 265 g/mol. The van der Waals surface area contributed by atoms with Gasteiger partial charge in [0.05, 0.1) is 11.7 Å². The predicted molar refractivity (Wildman–Crippen MR) is 72.6 cm³/mol. The zero-order chi connectivity index (χ0) is 12.6. The Bertz CT molecular complexity index is 473. The Morgan fingerprint density at radius 3 is 2.94 bits per heavy atom. The summed E-state index contributed by atoms with van der Waals surface area (Å²) in [5.74, 6) is 1.37. The highest BCUT2D eigenvalue weighted by Gasteiger charge is 2.45. The zero-order valence-corrected chi connectivity index (χ0v) is 11.2. The van der Waals surface area contributed by atoms with Gasteiger partial charge >= 0.3 is 0 Å². The molecular weight excluding hydrogens is 249 g/mol. The van der Waals surface area contributed by atoms with Crippen molar-refractivity contribution in [3.8, 4) is 0 Å². The van der Waals surface area contributed by atoms with E-state index in [0.29, 0.717) is 12.5 Å². The van der Waals surface area contributed by atoms with Gasteiger partial charge < -0.3 is 4.74 Å². The molecule has 0 spiro atoms. The van der Waals surface area contributed by atoms with Gasteiger partial charge in [-0.1, -0.05) is 12.1 Å². The number of hydrogen-bond acceptors (Lipinski definition) is 3. The van der Waals surface area contributed by atoms with E-state index in [0.717, 1.165) is 29.4 Å². The second-order valence-electron chi connectivity index (χ2n) is 4.91. The van der Waals surface area contributed by atoms with Crippen LogP contribution >= 0.6 is 11.8 Å². The summed E-state index contributed by atoms with van der Waals surface area (Å²) in [4.78, 5) is 4.87. The van der Waals surface area contributed by atoms with Gasteiger partial charge in [0.1, 0.15) is 11.4 Å². The normalized spacial score (nSPS) is 31.7. The van der Waals surface area contributed by atoms with Gasteiger partial charge in [-0.25, -0.2) is 4.39 Å². The molecule has 1 aromatic rings. The number of nitrogens with zero attached hydrogens (tertiary/aromatic N) is 1. The lowest BCUT2D eigenvalue weighted by Crippen LogP contribution is -2.46. The van der Waals surface area contributed by atoms with Gasteiger partial charge in [-0.15, -0.1) is 11.8 Å². The quantitative estimate of drug-likeness (QED) is 0.777. The molecule has 2 nitrogen and oxygen atoms in total. The molecule has 96 valence electrons. The van der Waals surface area contributed by atoms with E-state index in [1.54, 1.807) is 0 Å². The molecule has 0 bridgehead atoms. The smallest absolute Gasteiger partial charge is 0.123 e. The van der Waals surface area contributed by atoms with E-state index in [2.05, 4.69) is 0 Å². The molecule has 0 radical (unpaired) electrons. The molecule has 0 aromatic heterocycles. The van der Waals surface area contributed by atoms with E-state index in [4.69, 9.17) is 9.73 Å². The lowest BCUT2D eigenvalue weighted by Gasteiger charge is -2.44. The molecule has 2 atom stereocenters. The molecule has 2 unspecified atom stereocenters. The highest BCUT2D eigenvalue weighted by atomic mass is 32.2. The van der Waals surface area contributed by atoms with Gasteiger partial charge in [-0.05, 0) is 31.0 Å². The van der Waals surface area contributed by atoms with Crippen molar-refractivity contribution in [2.45, 2.75) is 18.9 Å². The Hall–Kier alpha value is -0.870. The minimum atomic E-state index is -0.290. The predicted octanol–water partition coefficient (Wildman–Crippen LogP) is 3.22. The van der Waals surface area contributed by atoms with E-state index in [-0.39, 0.29) is 11.4 Å². The molecule has 0 amide bonds. The Morgan fingerprint density at radius 1 is 1.39 bits per heavy atom. The van der Waals surface area contributed by atoms with Crippen molar-refractivity contribution in [2.75, 3.05) is 19.0 Å². The van der Waals surface area contributed by atoms with Crippen LogP contribution in [0.4, 0.5) is 4.39 Å². The maximum atomic E-state index is 13.1. The molecule has 1 saturated heterocycles. The lowest BCUT2D eigenvalue weighted by atomic mass is 9.77. The van der Waals surface area contributed by atoms with Crippen molar-refractivity contribution in [3.63, 3.8) is 0 Å². The van der Waals surface area contributed by atoms with Crippen molar-refractivity contribution >= 4 is 16.8 Å². The van der Waals surface area contributed by atoms with Crippen LogP contribution in [0.15, 0.2) is 29.3 Å². The molecule has 1 aromatic carbocycles. The van der Waals surface area contributed by atoms with Crippen LogP contribution in [0.3, 0.4) is 0 Å². The van der Waals surface area contributed by atoms with E-state index in [1.165, 1.54) is 12.1 Å². The first-order valence-corrected chi connectivity index (χ1v) is 7.22. The standard InChI is InChI=1S/C14H16FNOS/c1-10-16-14(11-2-4-13(15)5-3-11)9-17-7-6-12(14)8-18-10/h2-5,12H,6-9H2,1H3. The molecule has 3 rings (SSSR count). The topological polar surface area (TPSA) is 21.6 Å². The summed E-state index contributed by atoms with van der Waals surface area (Å²) in [6.07, 6.45) is 1.03. The number of benzene rings is 1. The zero-order valence-electron chi connectivity index (χ0n) is 10.4. The van der Waals surface area contributed by atoms with Crippen LogP contribution in [-0.2, 0) is 10.3 Å². The van der Waals surface area contributed by atoms with Crippen LogP contribution in [0, 0.1) is 11.7 Å². The third kappa shape index (κ3) is 1.97. The van der Waals surface area contributed by atoms with Crippen LogP contribution in [0.2, 0.25) is 0 Å². The highest BCUT2D eigenvalue weighted by Crippen LogP contribution is 2.44. The van der Waals surface area contributed by atoms with Crippen molar-refractivity contribution in [2.24, 2.45) is 10.9 Å². The van der Waals surface area contributed by atoms with E-state index in [9.17, 15) is 4.39 Å². The van der Waals surface area contributed by atoms with Gasteiger partial charge in [-0.2, -0.15) is 0 Å². The van der Waals surface area contributed by atoms with Crippen LogP contribution in [0.1, 0.15) is 18.9 Å². The number of fused-ring (bicyclic) bond motifs is 1. The second kappa shape index (κ2) is 4.67. The first kappa shape index (κ1) is 12.2. The molecular formula is C14H16FNOS. The van der Waals surface area contributed by atoms with Crippen molar-refractivity contribution < 1.29 is 9.13 Å². The van der Waals surface area contributed by atoms with Crippen LogP contribution in [-0.4, -0.2) is 24.0 Å². The van der Waals surface area contributed by atoms with E-state index in [1.807, 2.05) is 30.8 Å². The van der Waals surface area contributed by atoms with Gasteiger partial charge in [0.15, 0.2) is 0 Å². The highest BCUT2D eigenvalue weighted by molar-refractivity contribution is 8.13. The Morgan fingerprint density at radius 2 is 2.17 bits per heavy atom. The van der Waals surface area contributed by atoms with Crippen LogP contribution < -0.4 is 0 Å². The summed E-state index contributed by atoms with van der Waals surface area (Å²) in [5.41, 5.74) is 0.787. The first-order chi connectivity index (χ1) is 8.71. The number of halogens is 1. The molecule has 18 heavy (non-hydrogen) atoms. The fraction of sp³-hybridized carbons (Fsp3) is 0.500. The molecule has 4 heteroatoms. The maximum absolute atomic E-state index is 13.1. The first-order valence-electron chi connectivity index (χ1n) is 6.24. The molecule has 0 saturated carbocycles. The fourth-order valence-corrected chi connectivity index (χ4v) is 3.92. The molecule has 2 aliphatic heterocycles. The number of rotatable bonds is 1. The summed E-state index contributed by atoms with van der Waals surface area (Å²) in [6.45, 7) is 3.46. The van der Waals surface area contributed by atoms with E-state index >= 15 is 0 Å². The van der Waals surface area contributed by atoms with Crippen LogP contribution in [0.25, 0.3) is 0 Å². The Kier molecular flexibility index (Phi) is 3.16. The summed E-state index contributed by atoms with van der Waals surface area (Å²) >= 11 is 1.82. The summed E-state index contributed by atoms with van der Waals surface area (Å²) < 4.78 is 18.7. The second-order valence-corrected chi connectivity index (χ2v) is 6.12. The maximum Gasteiger partial charge on any atom is 0.123 e. The monoisotopic (exact) mass is 265 g/mol. The van der Waals surface area contributed by atoms with Gasteiger partial charge in [0.25, 0.3) is 0 Å². The molecule has 0 aliphatic carbocycles. The van der Waals surface area contributed by atoms with Crippen molar-refractivity contribution in [1.82, 2.24) is 0 Å². The minimum absolute atomic E-state index is 0.200. The molecule has 0 N–H and O–H groups in total. The number of hydrogen-bond donors (Lipinski definition) is 0. The van der Waals surface area contributed by atoms with Crippen molar-refractivity contribution in [1.29, 1.82) is 0 Å². The summed E-state index contributed by atoms with van der Waals surface area (Å²) in [7, 11) is 0. The number of thioether (sulfide) groups is 1. The SMILES string of the molecule is CC1=NC2(c3ccc(F)cc3)COCCC2CS1. The molecule has 2 aliphatic rings. The Labute approximate surface area is 111 Å². The number of aliphatic imine (C=N–C) groups is 1. The van der Waals surface area contributed by atoms with Gasteiger partial charge in [0.2, 0.25) is 0 Å². The number of ether oxygens (including phenoxy) is 1. The average Bonchev–Trinajstić information content (AvgIpc) is 2.39. The third-order valence-corrected chi connectivity index (χ3v) is 4.88. The lowest BCUT2D eigenvalue weighted by molar-refractivity contribution is 0.00453.